The first-order valence-electron chi connectivity index (χ1n) is 8.53. The van der Waals surface area contributed by atoms with Crippen molar-refractivity contribution in [3.8, 4) is 12.3 Å². The molecule has 0 aliphatic carbocycles. The number of halogens is 1. The Morgan fingerprint density at radius 3 is 2.64 bits per heavy atom. The average molecular weight is 345 g/mol. The molecular formula is C19H24FN3O2. The molecule has 0 aromatic heterocycles. The second kappa shape index (κ2) is 9.80. The van der Waals surface area contributed by atoms with E-state index in [9.17, 15) is 14.0 Å². The first-order chi connectivity index (χ1) is 12.1. The molecule has 0 saturated carbocycles. The summed E-state index contributed by atoms with van der Waals surface area (Å²) in [5.74, 6) is 2.11. The number of terminal acetylenes is 1. The van der Waals surface area contributed by atoms with Gasteiger partial charge in [0.1, 0.15) is 5.82 Å². The van der Waals surface area contributed by atoms with Crippen LogP contribution in [0.3, 0.4) is 0 Å². The van der Waals surface area contributed by atoms with Gasteiger partial charge in [-0.1, -0.05) is 18.1 Å². The van der Waals surface area contributed by atoms with E-state index in [1.807, 2.05) is 0 Å². The van der Waals surface area contributed by atoms with Gasteiger partial charge >= 0.3 is 0 Å². The van der Waals surface area contributed by atoms with Crippen molar-refractivity contribution >= 4 is 11.8 Å². The minimum atomic E-state index is -0.356. The Hall–Kier alpha value is -2.39. The number of amides is 2. The lowest BCUT2D eigenvalue weighted by atomic mass is 9.96. The Morgan fingerprint density at radius 2 is 1.96 bits per heavy atom. The zero-order valence-corrected chi connectivity index (χ0v) is 14.3. The van der Waals surface area contributed by atoms with E-state index in [0.717, 1.165) is 25.9 Å². The SMILES string of the molecule is C#CCN1CCC(C(=O)NCCNC(=O)Cc2cccc(F)c2)CC1. The van der Waals surface area contributed by atoms with Crippen molar-refractivity contribution in [2.24, 2.45) is 5.92 Å². The third-order valence-electron chi connectivity index (χ3n) is 4.27. The van der Waals surface area contributed by atoms with E-state index in [2.05, 4.69) is 21.5 Å². The summed E-state index contributed by atoms with van der Waals surface area (Å²) in [6, 6.07) is 5.96. The lowest BCUT2D eigenvalue weighted by Gasteiger charge is -2.29. The summed E-state index contributed by atoms with van der Waals surface area (Å²) in [6.45, 7) is 3.05. The zero-order valence-electron chi connectivity index (χ0n) is 14.3. The van der Waals surface area contributed by atoms with Crippen LogP contribution in [0.25, 0.3) is 0 Å². The van der Waals surface area contributed by atoms with Gasteiger partial charge in [0, 0.05) is 19.0 Å². The molecule has 0 unspecified atom stereocenters. The van der Waals surface area contributed by atoms with Crippen molar-refractivity contribution in [2.45, 2.75) is 19.3 Å². The van der Waals surface area contributed by atoms with Crippen LogP contribution in [-0.4, -0.2) is 49.4 Å². The molecule has 0 spiro atoms. The van der Waals surface area contributed by atoms with Crippen LogP contribution in [0.4, 0.5) is 4.39 Å². The van der Waals surface area contributed by atoms with Gasteiger partial charge in [-0.05, 0) is 43.6 Å². The number of rotatable bonds is 7. The maximum atomic E-state index is 13.1. The van der Waals surface area contributed by atoms with Crippen molar-refractivity contribution in [1.82, 2.24) is 15.5 Å². The minimum Gasteiger partial charge on any atom is -0.354 e. The molecule has 25 heavy (non-hydrogen) atoms. The van der Waals surface area contributed by atoms with E-state index in [0.29, 0.717) is 25.2 Å². The van der Waals surface area contributed by atoms with Crippen LogP contribution < -0.4 is 10.6 Å². The molecule has 1 fully saturated rings. The Bertz CT molecular complexity index is 634. The normalized spacial score (nSPS) is 15.4. The molecule has 134 valence electrons. The maximum absolute atomic E-state index is 13.1. The van der Waals surface area contributed by atoms with E-state index < -0.39 is 0 Å². The standard InChI is InChI=1S/C19H24FN3O2/c1-2-10-23-11-6-16(7-12-23)19(25)22-9-8-21-18(24)14-15-4-3-5-17(20)13-15/h1,3-5,13,16H,6-12,14H2,(H,21,24)(H,22,25). The second-order valence-corrected chi connectivity index (χ2v) is 6.20. The molecule has 1 saturated heterocycles. The highest BCUT2D eigenvalue weighted by molar-refractivity contribution is 5.79. The van der Waals surface area contributed by atoms with Gasteiger partial charge in [0.2, 0.25) is 11.8 Å². The number of piperidine rings is 1. The lowest BCUT2D eigenvalue weighted by Crippen LogP contribution is -2.42. The van der Waals surface area contributed by atoms with Gasteiger partial charge in [-0.15, -0.1) is 6.42 Å². The van der Waals surface area contributed by atoms with E-state index in [4.69, 9.17) is 6.42 Å². The van der Waals surface area contributed by atoms with Gasteiger partial charge in [-0.3, -0.25) is 14.5 Å². The first kappa shape index (κ1) is 18.9. The van der Waals surface area contributed by atoms with Gasteiger partial charge in [-0.2, -0.15) is 0 Å². The zero-order chi connectivity index (χ0) is 18.1. The van der Waals surface area contributed by atoms with Crippen LogP contribution in [-0.2, 0) is 16.0 Å². The molecule has 2 amide bonds. The van der Waals surface area contributed by atoms with Crippen LogP contribution in [0.1, 0.15) is 18.4 Å². The average Bonchev–Trinajstić information content (AvgIpc) is 2.59. The minimum absolute atomic E-state index is 0.0111. The van der Waals surface area contributed by atoms with Gasteiger partial charge in [0.15, 0.2) is 0 Å². The second-order valence-electron chi connectivity index (χ2n) is 6.20. The highest BCUT2D eigenvalue weighted by Crippen LogP contribution is 2.16. The monoisotopic (exact) mass is 345 g/mol. The number of hydrogen-bond donors (Lipinski definition) is 2. The summed E-state index contributed by atoms with van der Waals surface area (Å²) in [5, 5.41) is 5.58. The van der Waals surface area contributed by atoms with Crippen LogP contribution in [0.2, 0.25) is 0 Å². The Kier molecular flexibility index (Phi) is 7.42. The molecule has 1 aliphatic heterocycles. The highest BCUT2D eigenvalue weighted by Gasteiger charge is 2.24. The number of likely N-dealkylation sites (tertiary alicyclic amines) is 1. The van der Waals surface area contributed by atoms with Crippen LogP contribution in [0, 0.1) is 24.1 Å². The highest BCUT2D eigenvalue weighted by atomic mass is 19.1. The van der Waals surface area contributed by atoms with E-state index in [1.54, 1.807) is 12.1 Å². The van der Waals surface area contributed by atoms with Crippen molar-refractivity contribution in [2.75, 3.05) is 32.7 Å². The Labute approximate surface area is 148 Å². The summed E-state index contributed by atoms with van der Waals surface area (Å²) in [7, 11) is 0. The third-order valence-corrected chi connectivity index (χ3v) is 4.27. The summed E-state index contributed by atoms with van der Waals surface area (Å²) in [5.41, 5.74) is 0.625. The fourth-order valence-electron chi connectivity index (χ4n) is 2.91. The number of benzene rings is 1. The van der Waals surface area contributed by atoms with Crippen molar-refractivity contribution < 1.29 is 14.0 Å². The third kappa shape index (κ3) is 6.55. The predicted molar refractivity (Wildman–Crippen MR) is 94.1 cm³/mol. The number of nitrogens with one attached hydrogen (secondary N) is 2. The number of hydrogen-bond acceptors (Lipinski definition) is 3. The molecule has 5 nitrogen and oxygen atoms in total. The van der Waals surface area contributed by atoms with E-state index in [1.165, 1.54) is 12.1 Å². The molecule has 2 N–H and O–H groups in total. The predicted octanol–water partition coefficient (Wildman–Crippen LogP) is 0.946. The van der Waals surface area contributed by atoms with Gasteiger partial charge in [0.25, 0.3) is 0 Å². The molecule has 2 rings (SSSR count). The summed E-state index contributed by atoms with van der Waals surface area (Å²) in [4.78, 5) is 26.1. The van der Waals surface area contributed by atoms with E-state index >= 15 is 0 Å². The fraction of sp³-hybridized carbons (Fsp3) is 0.474. The van der Waals surface area contributed by atoms with Crippen molar-refractivity contribution in [1.29, 1.82) is 0 Å². The smallest absolute Gasteiger partial charge is 0.224 e. The molecular weight excluding hydrogens is 321 g/mol. The van der Waals surface area contributed by atoms with Crippen LogP contribution in [0.5, 0.6) is 0 Å². The summed E-state index contributed by atoms with van der Waals surface area (Å²) >= 11 is 0. The molecule has 1 aromatic rings. The molecule has 1 aromatic carbocycles. The lowest BCUT2D eigenvalue weighted by molar-refractivity contribution is -0.126. The molecule has 0 bridgehead atoms. The number of nitrogens with zero attached hydrogens (tertiary/aromatic N) is 1. The van der Waals surface area contributed by atoms with Crippen LogP contribution in [0.15, 0.2) is 24.3 Å². The maximum Gasteiger partial charge on any atom is 0.224 e. The van der Waals surface area contributed by atoms with E-state index in [-0.39, 0.29) is 30.0 Å². The largest absolute Gasteiger partial charge is 0.354 e. The molecule has 0 radical (unpaired) electrons. The van der Waals surface area contributed by atoms with Gasteiger partial charge < -0.3 is 10.6 Å². The topological polar surface area (TPSA) is 61.4 Å². The Morgan fingerprint density at radius 1 is 1.24 bits per heavy atom. The molecule has 1 aliphatic rings. The molecule has 1 heterocycles. The first-order valence-corrected chi connectivity index (χ1v) is 8.53. The van der Waals surface area contributed by atoms with Crippen molar-refractivity contribution in [3.63, 3.8) is 0 Å². The summed E-state index contributed by atoms with van der Waals surface area (Å²) < 4.78 is 13.1. The molecule has 6 heteroatoms. The fourth-order valence-corrected chi connectivity index (χ4v) is 2.91. The molecule has 0 atom stereocenters. The van der Waals surface area contributed by atoms with Gasteiger partial charge in [-0.25, -0.2) is 4.39 Å². The Balaban J connectivity index is 1.60. The number of carbonyl (C=O) groups is 2. The van der Waals surface area contributed by atoms with Crippen molar-refractivity contribution in [3.05, 3.63) is 35.6 Å². The van der Waals surface area contributed by atoms with Gasteiger partial charge in [0.05, 0.1) is 13.0 Å². The summed E-state index contributed by atoms with van der Waals surface area (Å²) in [6.07, 6.45) is 7.03. The quantitative estimate of drug-likeness (QED) is 0.571. The number of carbonyl (C=O) groups excluding carboxylic acids is 2. The van der Waals surface area contributed by atoms with Crippen LogP contribution >= 0.6 is 0 Å².